The second kappa shape index (κ2) is 5.70. The van der Waals surface area contributed by atoms with Crippen LogP contribution in [0.1, 0.15) is 26.3 Å². The van der Waals surface area contributed by atoms with Crippen LogP contribution in [0.25, 0.3) is 0 Å². The van der Waals surface area contributed by atoms with E-state index in [0.29, 0.717) is 12.0 Å². The summed E-state index contributed by atoms with van der Waals surface area (Å²) in [5.41, 5.74) is 6.48. The van der Waals surface area contributed by atoms with Gasteiger partial charge >= 0.3 is 0 Å². The van der Waals surface area contributed by atoms with Crippen molar-refractivity contribution in [3.63, 3.8) is 0 Å². The molecule has 21 heavy (non-hydrogen) atoms. The van der Waals surface area contributed by atoms with E-state index in [1.807, 2.05) is 20.8 Å². The number of nitrogens with two attached hydrogens (primary N) is 1. The Morgan fingerprint density at radius 1 is 1.05 bits per heavy atom. The van der Waals surface area contributed by atoms with E-state index in [1.165, 1.54) is 12.1 Å². The van der Waals surface area contributed by atoms with E-state index in [-0.39, 0.29) is 21.2 Å². The van der Waals surface area contributed by atoms with Crippen molar-refractivity contribution in [3.8, 4) is 0 Å². The van der Waals surface area contributed by atoms with Crippen molar-refractivity contribution in [1.29, 1.82) is 0 Å². The molecule has 0 spiro atoms. The van der Waals surface area contributed by atoms with Gasteiger partial charge in [0.25, 0.3) is 0 Å². The zero-order valence-corrected chi connectivity index (χ0v) is 14.7. The molecule has 5 nitrogen and oxygen atoms in total. The van der Waals surface area contributed by atoms with Gasteiger partial charge in [-0.05, 0) is 29.5 Å². The minimum atomic E-state index is -3.53. The van der Waals surface area contributed by atoms with Crippen LogP contribution < -0.4 is 5.73 Å². The van der Waals surface area contributed by atoms with Crippen LogP contribution in [-0.4, -0.2) is 35.4 Å². The molecule has 0 heterocycles. The van der Waals surface area contributed by atoms with Crippen LogP contribution in [0.2, 0.25) is 0 Å². The van der Waals surface area contributed by atoms with Gasteiger partial charge in [0, 0.05) is 18.6 Å². The Morgan fingerprint density at radius 3 is 1.95 bits per heavy atom. The summed E-state index contributed by atoms with van der Waals surface area (Å²) in [6.45, 7) is 5.92. The fourth-order valence-corrected chi connectivity index (χ4v) is 3.51. The van der Waals surface area contributed by atoms with Gasteiger partial charge in [0.2, 0.25) is 0 Å². The lowest BCUT2D eigenvalue weighted by Crippen LogP contribution is -2.37. The molecule has 7 heteroatoms. The molecule has 1 aromatic carbocycles. The number of hydrogen-bond acceptors (Lipinski definition) is 5. The third-order valence-corrected chi connectivity index (χ3v) is 5.71. The van der Waals surface area contributed by atoms with Gasteiger partial charge in [0.05, 0.1) is 9.79 Å². The van der Waals surface area contributed by atoms with E-state index < -0.39 is 19.7 Å². The molecule has 0 radical (unpaired) electrons. The maximum Gasteiger partial charge on any atom is 0.175 e. The van der Waals surface area contributed by atoms with E-state index in [2.05, 4.69) is 0 Å². The molecule has 0 bridgehead atoms. The highest BCUT2D eigenvalue weighted by molar-refractivity contribution is 7.91. The summed E-state index contributed by atoms with van der Waals surface area (Å²) in [5.74, 6) is 0. The van der Waals surface area contributed by atoms with Gasteiger partial charge in [-0.25, -0.2) is 16.8 Å². The van der Waals surface area contributed by atoms with E-state index in [0.717, 1.165) is 12.5 Å². The van der Waals surface area contributed by atoms with Gasteiger partial charge in [0.15, 0.2) is 19.7 Å². The largest absolute Gasteiger partial charge is 0.327 e. The molecular weight excluding hydrogens is 310 g/mol. The first-order valence-electron chi connectivity index (χ1n) is 6.51. The smallest absolute Gasteiger partial charge is 0.175 e. The maximum absolute atomic E-state index is 11.9. The Kier molecular flexibility index (Phi) is 4.92. The zero-order valence-electron chi connectivity index (χ0n) is 13.0. The van der Waals surface area contributed by atoms with Crippen LogP contribution in [-0.2, 0) is 26.1 Å². The molecule has 1 atom stereocenters. The minimum absolute atomic E-state index is 0.00370. The van der Waals surface area contributed by atoms with Crippen molar-refractivity contribution in [2.75, 3.05) is 12.5 Å². The number of sulfone groups is 2. The van der Waals surface area contributed by atoms with Crippen molar-refractivity contribution in [2.45, 2.75) is 43.0 Å². The lowest BCUT2D eigenvalue weighted by molar-refractivity contribution is 0.317. The monoisotopic (exact) mass is 333 g/mol. The Labute approximate surface area is 127 Å². The molecule has 0 saturated heterocycles. The summed E-state index contributed by atoms with van der Waals surface area (Å²) in [6, 6.07) is 3.95. The second-order valence-electron chi connectivity index (χ2n) is 6.49. The van der Waals surface area contributed by atoms with Crippen molar-refractivity contribution >= 4 is 19.7 Å². The Balaban J connectivity index is 3.41. The topological polar surface area (TPSA) is 94.3 Å². The van der Waals surface area contributed by atoms with E-state index in [9.17, 15) is 16.8 Å². The van der Waals surface area contributed by atoms with E-state index in [4.69, 9.17) is 5.73 Å². The highest BCUT2D eigenvalue weighted by Crippen LogP contribution is 2.26. The van der Waals surface area contributed by atoms with Gasteiger partial charge in [-0.15, -0.1) is 0 Å². The summed E-state index contributed by atoms with van der Waals surface area (Å²) in [7, 11) is -6.98. The maximum atomic E-state index is 11.9. The fraction of sp³-hybridized carbons (Fsp3) is 0.571. The molecule has 120 valence electrons. The third-order valence-electron chi connectivity index (χ3n) is 3.42. The van der Waals surface area contributed by atoms with Crippen molar-refractivity contribution in [3.05, 3.63) is 23.8 Å². The molecule has 0 aliphatic heterocycles. The standard InChI is InChI=1S/C14H23NO4S2/c1-14(2,3)13(15)8-10-6-7-11(20(4,16)17)9-12(10)21(5,18)19/h6-7,9,13H,8,15H2,1-5H3. The molecule has 2 N–H and O–H groups in total. The molecule has 0 saturated carbocycles. The Hall–Kier alpha value is -0.920. The SMILES string of the molecule is CC(C)(C)C(N)Cc1ccc(S(C)(=O)=O)cc1S(C)(=O)=O. The van der Waals surface area contributed by atoms with Gasteiger partial charge < -0.3 is 5.73 Å². The van der Waals surface area contributed by atoms with Crippen LogP contribution in [0.15, 0.2) is 28.0 Å². The minimum Gasteiger partial charge on any atom is -0.327 e. The second-order valence-corrected chi connectivity index (χ2v) is 10.5. The molecule has 0 fully saturated rings. The van der Waals surface area contributed by atoms with E-state index >= 15 is 0 Å². The molecule has 0 aliphatic carbocycles. The van der Waals surface area contributed by atoms with Gasteiger partial charge in [-0.3, -0.25) is 0 Å². The summed E-state index contributed by atoms with van der Waals surface area (Å²) in [6.07, 6.45) is 2.49. The predicted molar refractivity (Wildman–Crippen MR) is 83.8 cm³/mol. The summed E-state index contributed by atoms with van der Waals surface area (Å²) in [4.78, 5) is 0.0288. The van der Waals surface area contributed by atoms with Crippen molar-refractivity contribution in [1.82, 2.24) is 0 Å². The molecule has 0 amide bonds. The molecule has 0 aromatic heterocycles. The van der Waals surface area contributed by atoms with E-state index in [1.54, 1.807) is 6.07 Å². The summed E-state index contributed by atoms with van der Waals surface area (Å²) < 4.78 is 47.0. The highest BCUT2D eigenvalue weighted by Gasteiger charge is 2.24. The first kappa shape index (κ1) is 18.1. The van der Waals surface area contributed by atoms with Crippen LogP contribution in [0, 0.1) is 5.41 Å². The summed E-state index contributed by atoms with van der Waals surface area (Å²) in [5, 5.41) is 0. The molecule has 0 aliphatic rings. The molecule has 1 rings (SSSR count). The van der Waals surface area contributed by atoms with Crippen molar-refractivity contribution in [2.24, 2.45) is 11.1 Å². The third kappa shape index (κ3) is 4.79. The average Bonchev–Trinajstić information content (AvgIpc) is 2.25. The fourth-order valence-electron chi connectivity index (χ4n) is 1.82. The van der Waals surface area contributed by atoms with Crippen molar-refractivity contribution < 1.29 is 16.8 Å². The highest BCUT2D eigenvalue weighted by atomic mass is 32.2. The molecule has 1 unspecified atom stereocenters. The van der Waals surface area contributed by atoms with Gasteiger partial charge in [-0.1, -0.05) is 26.8 Å². The van der Waals surface area contributed by atoms with Gasteiger partial charge in [0.1, 0.15) is 0 Å². The van der Waals surface area contributed by atoms with Crippen LogP contribution in [0.3, 0.4) is 0 Å². The first-order valence-corrected chi connectivity index (χ1v) is 10.3. The van der Waals surface area contributed by atoms with Crippen LogP contribution in [0.5, 0.6) is 0 Å². The summed E-state index contributed by atoms with van der Waals surface area (Å²) >= 11 is 0. The van der Waals surface area contributed by atoms with Crippen LogP contribution in [0.4, 0.5) is 0 Å². The Bertz CT molecular complexity index is 729. The predicted octanol–water partition coefficient (Wildman–Crippen LogP) is 1.41. The molecular formula is C14H23NO4S2. The number of benzene rings is 1. The quantitative estimate of drug-likeness (QED) is 0.899. The first-order chi connectivity index (χ1) is 9.23. The molecule has 1 aromatic rings. The van der Waals surface area contributed by atoms with Gasteiger partial charge in [-0.2, -0.15) is 0 Å². The number of hydrogen-bond donors (Lipinski definition) is 1. The normalized spacial score (nSPS) is 15.0. The zero-order chi connectivity index (χ0) is 16.6. The van der Waals surface area contributed by atoms with Crippen LogP contribution >= 0.6 is 0 Å². The average molecular weight is 333 g/mol. The number of rotatable bonds is 4. The lowest BCUT2D eigenvalue weighted by atomic mass is 9.84. The lowest BCUT2D eigenvalue weighted by Gasteiger charge is -2.27. The Morgan fingerprint density at radius 2 is 1.57 bits per heavy atom.